The maximum Gasteiger partial charge on any atom is 0.264 e. The minimum atomic E-state index is -0.172. The van der Waals surface area contributed by atoms with E-state index in [4.69, 9.17) is 5.11 Å². The summed E-state index contributed by atoms with van der Waals surface area (Å²) in [5.41, 5.74) is 0. The first-order valence-corrected chi connectivity index (χ1v) is 7.63. The van der Waals surface area contributed by atoms with E-state index in [2.05, 4.69) is 5.32 Å². The molecule has 1 rings (SSSR count). The number of amides is 2. The van der Waals surface area contributed by atoms with Gasteiger partial charge in [0, 0.05) is 20.2 Å². The molecule has 112 valence electrons. The molecule has 0 aliphatic rings. The lowest BCUT2D eigenvalue weighted by Crippen LogP contribution is -2.39. The Morgan fingerprint density at radius 3 is 2.80 bits per heavy atom. The van der Waals surface area contributed by atoms with Crippen LogP contribution in [0, 0.1) is 5.92 Å². The summed E-state index contributed by atoms with van der Waals surface area (Å²) in [7, 11) is 1.62. The third-order valence-corrected chi connectivity index (χ3v) is 4.02. The fourth-order valence-electron chi connectivity index (χ4n) is 1.82. The molecule has 0 aromatic carbocycles. The van der Waals surface area contributed by atoms with Crippen molar-refractivity contribution in [1.29, 1.82) is 0 Å². The van der Waals surface area contributed by atoms with Gasteiger partial charge in [-0.2, -0.15) is 0 Å². The van der Waals surface area contributed by atoms with Crippen molar-refractivity contribution in [3.8, 4) is 0 Å². The number of aliphatic hydroxyl groups excluding tert-OH is 1. The number of aliphatic hydroxyl groups is 1. The van der Waals surface area contributed by atoms with Crippen LogP contribution in [0.2, 0.25) is 0 Å². The van der Waals surface area contributed by atoms with Crippen LogP contribution in [0.5, 0.6) is 0 Å². The molecule has 1 aromatic heterocycles. The van der Waals surface area contributed by atoms with Crippen molar-refractivity contribution in [3.05, 3.63) is 22.4 Å². The molecule has 0 spiro atoms. The Hall–Kier alpha value is -1.40. The number of hydrogen-bond donors (Lipinski definition) is 2. The van der Waals surface area contributed by atoms with Crippen LogP contribution < -0.4 is 5.32 Å². The molecule has 0 saturated heterocycles. The monoisotopic (exact) mass is 298 g/mol. The second-order valence-electron chi connectivity index (χ2n) is 4.73. The fraction of sp³-hybridized carbons (Fsp3) is 0.571. The summed E-state index contributed by atoms with van der Waals surface area (Å²) in [6.07, 6.45) is 1.59. The molecule has 1 aromatic rings. The van der Waals surface area contributed by atoms with E-state index in [1.54, 1.807) is 13.1 Å². The molecule has 0 radical (unpaired) electrons. The van der Waals surface area contributed by atoms with Crippen LogP contribution in [0.3, 0.4) is 0 Å². The SMILES string of the molecule is CCC(CCO)CNC(=O)CN(C)C(=O)c1cccs1. The van der Waals surface area contributed by atoms with Gasteiger partial charge in [-0.3, -0.25) is 9.59 Å². The molecule has 0 bridgehead atoms. The summed E-state index contributed by atoms with van der Waals surface area (Å²) in [6, 6.07) is 3.56. The van der Waals surface area contributed by atoms with Gasteiger partial charge >= 0.3 is 0 Å². The number of rotatable bonds is 8. The normalized spacial score (nSPS) is 11.9. The van der Waals surface area contributed by atoms with Crippen molar-refractivity contribution in [2.45, 2.75) is 19.8 Å². The average molecular weight is 298 g/mol. The van der Waals surface area contributed by atoms with Crippen LogP contribution in [0.15, 0.2) is 17.5 Å². The van der Waals surface area contributed by atoms with E-state index in [1.165, 1.54) is 16.2 Å². The smallest absolute Gasteiger partial charge is 0.264 e. The van der Waals surface area contributed by atoms with Gasteiger partial charge in [-0.15, -0.1) is 11.3 Å². The van der Waals surface area contributed by atoms with E-state index < -0.39 is 0 Å². The van der Waals surface area contributed by atoms with Crippen molar-refractivity contribution in [1.82, 2.24) is 10.2 Å². The van der Waals surface area contributed by atoms with Gasteiger partial charge in [0.15, 0.2) is 0 Å². The molecule has 1 unspecified atom stereocenters. The van der Waals surface area contributed by atoms with Gasteiger partial charge < -0.3 is 15.3 Å². The summed E-state index contributed by atoms with van der Waals surface area (Å²) in [5.74, 6) is -0.0337. The molecule has 0 aliphatic heterocycles. The van der Waals surface area contributed by atoms with Gasteiger partial charge in [-0.25, -0.2) is 0 Å². The van der Waals surface area contributed by atoms with E-state index in [0.717, 1.165) is 6.42 Å². The molecule has 1 atom stereocenters. The van der Waals surface area contributed by atoms with Crippen molar-refractivity contribution in [2.75, 3.05) is 26.7 Å². The Bertz CT molecular complexity index is 420. The van der Waals surface area contributed by atoms with Gasteiger partial charge in [0.05, 0.1) is 11.4 Å². The first kappa shape index (κ1) is 16.7. The molecule has 0 aliphatic carbocycles. The highest BCUT2D eigenvalue weighted by molar-refractivity contribution is 7.12. The largest absolute Gasteiger partial charge is 0.396 e. The van der Waals surface area contributed by atoms with Crippen molar-refractivity contribution in [3.63, 3.8) is 0 Å². The predicted molar refractivity (Wildman–Crippen MR) is 79.8 cm³/mol. The van der Waals surface area contributed by atoms with E-state index >= 15 is 0 Å². The van der Waals surface area contributed by atoms with Gasteiger partial charge in [0.2, 0.25) is 5.91 Å². The van der Waals surface area contributed by atoms with Crippen molar-refractivity contribution >= 4 is 23.2 Å². The van der Waals surface area contributed by atoms with Crippen molar-refractivity contribution in [2.24, 2.45) is 5.92 Å². The second kappa shape index (κ2) is 8.71. The summed E-state index contributed by atoms with van der Waals surface area (Å²) < 4.78 is 0. The quantitative estimate of drug-likeness (QED) is 0.761. The zero-order valence-corrected chi connectivity index (χ0v) is 12.8. The summed E-state index contributed by atoms with van der Waals surface area (Å²) in [4.78, 5) is 25.8. The number of carbonyl (C=O) groups excluding carboxylic acids is 2. The van der Waals surface area contributed by atoms with E-state index in [1.807, 2.05) is 18.4 Å². The van der Waals surface area contributed by atoms with Gasteiger partial charge in [0.25, 0.3) is 5.91 Å². The van der Waals surface area contributed by atoms with E-state index in [-0.39, 0.29) is 30.9 Å². The average Bonchev–Trinajstić information content (AvgIpc) is 2.96. The standard InChI is InChI=1S/C14H22N2O3S/c1-3-11(6-7-17)9-15-13(18)10-16(2)14(19)12-5-4-8-20-12/h4-5,8,11,17H,3,6-7,9-10H2,1-2H3,(H,15,18). The lowest BCUT2D eigenvalue weighted by atomic mass is 10.0. The third-order valence-electron chi connectivity index (χ3n) is 3.16. The molecule has 2 N–H and O–H groups in total. The lowest BCUT2D eigenvalue weighted by molar-refractivity contribution is -0.121. The lowest BCUT2D eigenvalue weighted by Gasteiger charge is -2.18. The minimum Gasteiger partial charge on any atom is -0.396 e. The maximum atomic E-state index is 12.0. The number of hydrogen-bond acceptors (Lipinski definition) is 4. The molecular weight excluding hydrogens is 276 g/mol. The Labute approximate surface area is 123 Å². The van der Waals surface area contributed by atoms with Crippen LogP contribution in [-0.2, 0) is 4.79 Å². The molecule has 5 nitrogen and oxygen atoms in total. The molecule has 2 amide bonds. The molecule has 0 fully saturated rings. The number of nitrogens with one attached hydrogen (secondary N) is 1. The van der Waals surface area contributed by atoms with Crippen LogP contribution in [0.25, 0.3) is 0 Å². The number of carbonyl (C=O) groups is 2. The van der Waals surface area contributed by atoms with Crippen LogP contribution >= 0.6 is 11.3 Å². The Balaban J connectivity index is 2.36. The predicted octanol–water partition coefficient (Wildman–Crippen LogP) is 1.34. The molecule has 0 saturated carbocycles. The Kier molecular flexibility index (Phi) is 7.25. The number of nitrogens with zero attached hydrogens (tertiary/aromatic N) is 1. The van der Waals surface area contributed by atoms with Gasteiger partial charge in [-0.05, 0) is 23.8 Å². The van der Waals surface area contributed by atoms with Gasteiger partial charge in [-0.1, -0.05) is 19.4 Å². The molecular formula is C14H22N2O3S. The maximum absolute atomic E-state index is 12.0. The first-order chi connectivity index (χ1) is 9.58. The summed E-state index contributed by atoms with van der Waals surface area (Å²) >= 11 is 1.36. The Morgan fingerprint density at radius 1 is 1.50 bits per heavy atom. The van der Waals surface area contributed by atoms with Crippen LogP contribution in [0.1, 0.15) is 29.4 Å². The number of thiophene rings is 1. The minimum absolute atomic E-state index is 0.0479. The zero-order valence-electron chi connectivity index (χ0n) is 12.0. The van der Waals surface area contributed by atoms with E-state index in [9.17, 15) is 9.59 Å². The van der Waals surface area contributed by atoms with Gasteiger partial charge in [0.1, 0.15) is 0 Å². The number of likely N-dealkylation sites (N-methyl/N-ethyl adjacent to an activating group) is 1. The van der Waals surface area contributed by atoms with Crippen molar-refractivity contribution < 1.29 is 14.7 Å². The van der Waals surface area contributed by atoms with Crippen LogP contribution in [-0.4, -0.2) is 48.6 Å². The highest BCUT2D eigenvalue weighted by atomic mass is 32.1. The molecule has 20 heavy (non-hydrogen) atoms. The Morgan fingerprint density at radius 2 is 2.25 bits per heavy atom. The highest BCUT2D eigenvalue weighted by Crippen LogP contribution is 2.11. The molecule has 6 heteroatoms. The first-order valence-electron chi connectivity index (χ1n) is 6.75. The zero-order chi connectivity index (χ0) is 15.0. The summed E-state index contributed by atoms with van der Waals surface area (Å²) in [6.45, 7) is 2.74. The third kappa shape index (κ3) is 5.30. The van der Waals surface area contributed by atoms with Crippen LogP contribution in [0.4, 0.5) is 0 Å². The molecule has 1 heterocycles. The topological polar surface area (TPSA) is 69.6 Å². The van der Waals surface area contributed by atoms with E-state index in [0.29, 0.717) is 17.8 Å². The second-order valence-corrected chi connectivity index (χ2v) is 5.68. The summed E-state index contributed by atoms with van der Waals surface area (Å²) in [5, 5.41) is 13.5. The highest BCUT2D eigenvalue weighted by Gasteiger charge is 2.16. The fourth-order valence-corrected chi connectivity index (χ4v) is 2.54.